The third-order valence-corrected chi connectivity index (χ3v) is 5.60. The summed E-state index contributed by atoms with van der Waals surface area (Å²) in [5.74, 6) is 1.77. The third kappa shape index (κ3) is 3.48. The van der Waals surface area contributed by atoms with E-state index in [2.05, 4.69) is 15.1 Å². The van der Waals surface area contributed by atoms with Crippen molar-refractivity contribution in [3.05, 3.63) is 29.0 Å². The fourth-order valence-corrected chi connectivity index (χ4v) is 4.26. The van der Waals surface area contributed by atoms with Crippen LogP contribution in [0.25, 0.3) is 11.3 Å². The molecule has 2 aromatic rings. The molecule has 2 aromatic heterocycles. The molecule has 0 N–H and O–H groups in total. The molecule has 0 bridgehead atoms. The Morgan fingerprint density at radius 1 is 1.15 bits per heavy atom. The van der Waals surface area contributed by atoms with Gasteiger partial charge in [-0.15, -0.1) is 0 Å². The first-order chi connectivity index (χ1) is 13.0. The highest BCUT2D eigenvalue weighted by Gasteiger charge is 2.35. The lowest BCUT2D eigenvalue weighted by Gasteiger charge is -2.30. The molecule has 7 heteroatoms. The summed E-state index contributed by atoms with van der Waals surface area (Å²) < 4.78 is 10.7. The van der Waals surface area contributed by atoms with Crippen molar-refractivity contribution in [3.8, 4) is 11.3 Å². The van der Waals surface area contributed by atoms with E-state index in [1.807, 2.05) is 31.7 Å². The number of nitrogens with zero attached hydrogens (tertiary/aromatic N) is 4. The molecule has 7 nitrogen and oxygen atoms in total. The normalized spacial score (nSPS) is 21.0. The molecular weight excluding hydrogens is 344 g/mol. The van der Waals surface area contributed by atoms with Gasteiger partial charge in [-0.1, -0.05) is 5.16 Å². The standard InChI is InChI=1S/C20H26N4O3/c1-12-19(13(2)27-23-12)17-11-16(21-14(3)22-17)18-5-4-8-24(18)20(25)15-6-9-26-10-7-15/h11,15,18H,4-10H2,1-3H3/t18-/m1/s1. The molecule has 0 saturated carbocycles. The number of likely N-dealkylation sites (tertiary alicyclic amines) is 1. The van der Waals surface area contributed by atoms with Crippen molar-refractivity contribution in [2.75, 3.05) is 19.8 Å². The van der Waals surface area contributed by atoms with Crippen LogP contribution in [0.15, 0.2) is 10.6 Å². The maximum Gasteiger partial charge on any atom is 0.226 e. The minimum atomic E-state index is 0.0151. The smallest absolute Gasteiger partial charge is 0.226 e. The van der Waals surface area contributed by atoms with Gasteiger partial charge in [0.2, 0.25) is 5.91 Å². The zero-order valence-electron chi connectivity index (χ0n) is 16.2. The number of aryl methyl sites for hydroxylation is 3. The second kappa shape index (κ2) is 7.38. The number of rotatable bonds is 3. The Morgan fingerprint density at radius 3 is 2.63 bits per heavy atom. The molecule has 1 amide bonds. The Kier molecular flexibility index (Phi) is 4.95. The number of amides is 1. The van der Waals surface area contributed by atoms with Gasteiger partial charge in [0.25, 0.3) is 0 Å². The third-order valence-electron chi connectivity index (χ3n) is 5.60. The van der Waals surface area contributed by atoms with E-state index in [0.29, 0.717) is 19.0 Å². The lowest BCUT2D eigenvalue weighted by molar-refractivity contribution is -0.139. The first-order valence-corrected chi connectivity index (χ1v) is 9.71. The number of carbonyl (C=O) groups is 1. The van der Waals surface area contributed by atoms with E-state index < -0.39 is 0 Å². The Bertz CT molecular complexity index is 822. The summed E-state index contributed by atoms with van der Waals surface area (Å²) in [5.41, 5.74) is 3.47. The molecule has 0 radical (unpaired) electrons. The van der Waals surface area contributed by atoms with E-state index in [4.69, 9.17) is 9.26 Å². The van der Waals surface area contributed by atoms with Crippen LogP contribution in [-0.2, 0) is 9.53 Å². The highest BCUT2D eigenvalue weighted by molar-refractivity contribution is 5.79. The van der Waals surface area contributed by atoms with Crippen molar-refractivity contribution in [2.45, 2.75) is 52.5 Å². The Labute approximate surface area is 159 Å². The SMILES string of the molecule is Cc1nc(-c2c(C)noc2C)cc([C@H]2CCCN2C(=O)C2CCOCC2)n1. The molecule has 2 aliphatic rings. The predicted octanol–water partition coefficient (Wildman–Crippen LogP) is 3.15. The second-order valence-corrected chi connectivity index (χ2v) is 7.50. The fourth-order valence-electron chi connectivity index (χ4n) is 4.26. The molecule has 4 rings (SSSR count). The Hall–Kier alpha value is -2.28. The Balaban J connectivity index is 1.65. The summed E-state index contributed by atoms with van der Waals surface area (Å²) in [6.07, 6.45) is 3.57. The van der Waals surface area contributed by atoms with Gasteiger partial charge in [-0.05, 0) is 52.5 Å². The van der Waals surface area contributed by atoms with Crippen LogP contribution in [0.1, 0.15) is 54.7 Å². The summed E-state index contributed by atoms with van der Waals surface area (Å²) >= 11 is 0. The van der Waals surface area contributed by atoms with E-state index >= 15 is 0 Å². The van der Waals surface area contributed by atoms with Gasteiger partial charge >= 0.3 is 0 Å². The zero-order valence-corrected chi connectivity index (χ0v) is 16.2. The maximum absolute atomic E-state index is 13.1. The minimum Gasteiger partial charge on any atom is -0.381 e. The van der Waals surface area contributed by atoms with Crippen molar-refractivity contribution in [2.24, 2.45) is 5.92 Å². The van der Waals surface area contributed by atoms with Crippen molar-refractivity contribution >= 4 is 5.91 Å². The molecule has 4 heterocycles. The molecular formula is C20H26N4O3. The second-order valence-electron chi connectivity index (χ2n) is 7.50. The molecule has 27 heavy (non-hydrogen) atoms. The number of aromatic nitrogens is 3. The number of hydrogen-bond acceptors (Lipinski definition) is 6. The van der Waals surface area contributed by atoms with Gasteiger partial charge in [0.15, 0.2) is 0 Å². The molecule has 2 saturated heterocycles. The first-order valence-electron chi connectivity index (χ1n) is 9.71. The average Bonchev–Trinajstić information content (AvgIpc) is 3.28. The number of carbonyl (C=O) groups excluding carboxylic acids is 1. The van der Waals surface area contributed by atoms with Gasteiger partial charge in [0.1, 0.15) is 11.6 Å². The van der Waals surface area contributed by atoms with Crippen LogP contribution in [0.2, 0.25) is 0 Å². The van der Waals surface area contributed by atoms with Crippen molar-refractivity contribution in [3.63, 3.8) is 0 Å². The van der Waals surface area contributed by atoms with Gasteiger partial charge in [0.05, 0.1) is 28.7 Å². The highest BCUT2D eigenvalue weighted by Crippen LogP contribution is 2.35. The average molecular weight is 370 g/mol. The largest absolute Gasteiger partial charge is 0.381 e. The number of hydrogen-bond donors (Lipinski definition) is 0. The van der Waals surface area contributed by atoms with Gasteiger partial charge in [-0.2, -0.15) is 0 Å². The van der Waals surface area contributed by atoms with Gasteiger partial charge in [0, 0.05) is 25.7 Å². The Morgan fingerprint density at radius 2 is 1.93 bits per heavy atom. The van der Waals surface area contributed by atoms with E-state index in [1.54, 1.807) is 0 Å². The van der Waals surface area contributed by atoms with Gasteiger partial charge in [-0.3, -0.25) is 4.79 Å². The van der Waals surface area contributed by atoms with Crippen LogP contribution in [0.5, 0.6) is 0 Å². The lowest BCUT2D eigenvalue weighted by atomic mass is 9.97. The van der Waals surface area contributed by atoms with Crippen LogP contribution < -0.4 is 0 Å². The fraction of sp³-hybridized carbons (Fsp3) is 0.600. The topological polar surface area (TPSA) is 81.4 Å². The monoisotopic (exact) mass is 370 g/mol. The summed E-state index contributed by atoms with van der Waals surface area (Å²) in [7, 11) is 0. The van der Waals surface area contributed by atoms with E-state index in [0.717, 1.165) is 60.6 Å². The quantitative estimate of drug-likeness (QED) is 0.825. The molecule has 1 atom stereocenters. The summed E-state index contributed by atoms with van der Waals surface area (Å²) in [6.45, 7) is 7.85. The highest BCUT2D eigenvalue weighted by atomic mass is 16.5. The summed E-state index contributed by atoms with van der Waals surface area (Å²) in [4.78, 5) is 24.4. The molecule has 0 unspecified atom stereocenters. The number of ether oxygens (including phenoxy) is 1. The van der Waals surface area contributed by atoms with Crippen molar-refractivity contribution in [1.29, 1.82) is 0 Å². The molecule has 0 aromatic carbocycles. The van der Waals surface area contributed by atoms with Crippen LogP contribution in [0, 0.1) is 26.7 Å². The van der Waals surface area contributed by atoms with E-state index in [-0.39, 0.29) is 17.9 Å². The van der Waals surface area contributed by atoms with Crippen molar-refractivity contribution in [1.82, 2.24) is 20.0 Å². The predicted molar refractivity (Wildman–Crippen MR) is 99.0 cm³/mol. The van der Waals surface area contributed by atoms with Crippen LogP contribution in [-0.4, -0.2) is 45.7 Å². The van der Waals surface area contributed by atoms with Crippen LogP contribution >= 0.6 is 0 Å². The first kappa shape index (κ1) is 18.1. The molecule has 0 spiro atoms. The zero-order chi connectivity index (χ0) is 19.0. The molecule has 0 aliphatic carbocycles. The van der Waals surface area contributed by atoms with E-state index in [9.17, 15) is 4.79 Å². The van der Waals surface area contributed by atoms with Crippen LogP contribution in [0.3, 0.4) is 0 Å². The van der Waals surface area contributed by atoms with Gasteiger partial charge in [-0.25, -0.2) is 9.97 Å². The summed E-state index contributed by atoms with van der Waals surface area (Å²) in [5, 5.41) is 4.04. The van der Waals surface area contributed by atoms with Crippen LogP contribution in [0.4, 0.5) is 0 Å². The maximum atomic E-state index is 13.1. The molecule has 2 aliphatic heterocycles. The van der Waals surface area contributed by atoms with Gasteiger partial charge < -0.3 is 14.2 Å². The minimum absolute atomic E-state index is 0.0151. The van der Waals surface area contributed by atoms with E-state index in [1.165, 1.54) is 0 Å². The molecule has 2 fully saturated rings. The lowest BCUT2D eigenvalue weighted by Crippen LogP contribution is -2.38. The summed E-state index contributed by atoms with van der Waals surface area (Å²) in [6, 6.07) is 2.01. The molecule has 144 valence electrons. The van der Waals surface area contributed by atoms with Crippen molar-refractivity contribution < 1.29 is 14.1 Å².